The van der Waals surface area contributed by atoms with E-state index in [0.29, 0.717) is 10.9 Å². The number of nitrogens with zero attached hydrogens (tertiary/aromatic N) is 3. The fourth-order valence-electron chi connectivity index (χ4n) is 3.36. The van der Waals surface area contributed by atoms with Crippen molar-refractivity contribution in [3.8, 4) is 0 Å². The first-order valence-corrected chi connectivity index (χ1v) is 9.01. The fraction of sp³-hybridized carbons (Fsp3) is 0.500. The molecule has 5 rings (SSSR count). The molecule has 1 aromatic heterocycles. The molecule has 2 N–H and O–H groups in total. The lowest BCUT2D eigenvalue weighted by molar-refractivity contribution is -0.154. The summed E-state index contributed by atoms with van der Waals surface area (Å²) in [7, 11) is 0. The van der Waals surface area contributed by atoms with Crippen LogP contribution in [0.1, 0.15) is 22.5 Å². The molecule has 4 aliphatic heterocycles. The van der Waals surface area contributed by atoms with Crippen molar-refractivity contribution in [2.75, 3.05) is 19.6 Å². The van der Waals surface area contributed by atoms with E-state index in [4.69, 9.17) is 10.6 Å². The molecule has 0 saturated carbocycles. The molecule has 1 amide bonds. The van der Waals surface area contributed by atoms with E-state index in [-0.39, 0.29) is 5.91 Å². The zero-order valence-electron chi connectivity index (χ0n) is 12.1. The number of hydrazine groups is 1. The predicted octanol–water partition coefficient (Wildman–Crippen LogP) is 1.88. The van der Waals surface area contributed by atoms with Crippen molar-refractivity contribution in [3.63, 3.8) is 0 Å². The summed E-state index contributed by atoms with van der Waals surface area (Å²) in [4.78, 5) is 19.9. The van der Waals surface area contributed by atoms with E-state index < -0.39 is 0 Å². The lowest BCUT2D eigenvalue weighted by Crippen LogP contribution is -2.57. The van der Waals surface area contributed by atoms with Crippen LogP contribution in [0, 0.1) is 5.92 Å². The van der Waals surface area contributed by atoms with Crippen LogP contribution >= 0.6 is 23.3 Å². The number of hydrogen-bond donors (Lipinski definition) is 1. The molecule has 118 valence electrons. The third-order valence-electron chi connectivity index (χ3n) is 4.51. The van der Waals surface area contributed by atoms with E-state index in [9.17, 15) is 4.79 Å². The topological polar surface area (TPSA) is 62.0 Å². The number of nitrogens with two attached hydrogens (primary N) is 1. The number of amides is 1. The van der Waals surface area contributed by atoms with Crippen LogP contribution < -0.4 is 5.73 Å². The largest absolute Gasteiger partial charge is 0.381 e. The van der Waals surface area contributed by atoms with E-state index in [1.165, 1.54) is 49.2 Å². The summed E-state index contributed by atoms with van der Waals surface area (Å²) in [5, 5.41) is 2.18. The number of thiophene rings is 1. The van der Waals surface area contributed by atoms with Gasteiger partial charge in [0.25, 0.3) is 5.91 Å². The third kappa shape index (κ3) is 2.60. The van der Waals surface area contributed by atoms with Gasteiger partial charge < -0.3 is 15.5 Å². The molecule has 0 aliphatic carbocycles. The van der Waals surface area contributed by atoms with Gasteiger partial charge in [0.1, 0.15) is 6.26 Å². The summed E-state index contributed by atoms with van der Waals surface area (Å²) in [5.74, 6) is 0.343. The Morgan fingerprint density at radius 2 is 2.18 bits per heavy atom. The number of rotatable bonds is 4. The van der Waals surface area contributed by atoms with Crippen LogP contribution in [-0.2, 0) is 4.84 Å². The van der Waals surface area contributed by atoms with Crippen LogP contribution in [-0.4, -0.2) is 46.1 Å². The second-order valence-corrected chi connectivity index (χ2v) is 8.06. The smallest absolute Gasteiger partial charge is 0.258 e. The molecule has 8 heteroatoms. The van der Waals surface area contributed by atoms with E-state index in [1.807, 2.05) is 16.8 Å². The first kappa shape index (κ1) is 14.4. The van der Waals surface area contributed by atoms with Crippen molar-refractivity contribution >= 4 is 29.2 Å². The van der Waals surface area contributed by atoms with Crippen LogP contribution in [0.5, 0.6) is 0 Å². The van der Waals surface area contributed by atoms with Gasteiger partial charge in [-0.05, 0) is 44.0 Å². The molecule has 0 radical (unpaired) electrons. The van der Waals surface area contributed by atoms with Crippen molar-refractivity contribution < 1.29 is 9.63 Å². The molecule has 6 nitrogen and oxygen atoms in total. The number of piperidine rings is 3. The molecule has 1 aromatic rings. The minimum atomic E-state index is -0.383. The first-order chi connectivity index (χ1) is 10.7. The van der Waals surface area contributed by atoms with E-state index in [0.717, 1.165) is 16.7 Å². The van der Waals surface area contributed by atoms with Crippen molar-refractivity contribution in [2.24, 2.45) is 11.7 Å². The monoisotopic (exact) mass is 338 g/mol. The SMILES string of the molecule is NC(=O)c1ccc(SN2OC=CN2[C@H]2CN3CCC2CC3)s1. The Kier molecular flexibility index (Phi) is 3.77. The minimum absolute atomic E-state index is 0.383. The van der Waals surface area contributed by atoms with Crippen LogP contribution in [0.15, 0.2) is 28.8 Å². The second-order valence-electron chi connectivity index (χ2n) is 5.79. The fourth-order valence-corrected chi connectivity index (χ4v) is 5.21. The average Bonchev–Trinajstić information content (AvgIpc) is 3.18. The number of fused-ring (bicyclic) bond motifs is 3. The maximum Gasteiger partial charge on any atom is 0.258 e. The normalized spacial score (nSPS) is 30.7. The summed E-state index contributed by atoms with van der Waals surface area (Å²) < 4.78 is 2.80. The molecule has 3 fully saturated rings. The summed E-state index contributed by atoms with van der Waals surface area (Å²) in [6, 6.07) is 4.13. The molecule has 0 unspecified atom stereocenters. The maximum atomic E-state index is 11.2. The summed E-state index contributed by atoms with van der Waals surface area (Å²) in [6.45, 7) is 3.53. The van der Waals surface area contributed by atoms with Crippen molar-refractivity contribution in [1.82, 2.24) is 14.5 Å². The molecular formula is C14H18N4O2S2. The van der Waals surface area contributed by atoms with E-state index in [1.54, 1.807) is 12.3 Å². The first-order valence-electron chi connectivity index (χ1n) is 7.42. The molecule has 3 saturated heterocycles. The highest BCUT2D eigenvalue weighted by Crippen LogP contribution is 2.38. The second kappa shape index (κ2) is 5.77. The van der Waals surface area contributed by atoms with Crippen molar-refractivity contribution in [3.05, 3.63) is 29.5 Å². The number of carbonyl (C=O) groups is 1. The lowest BCUT2D eigenvalue weighted by atomic mass is 9.84. The Morgan fingerprint density at radius 1 is 1.36 bits per heavy atom. The average molecular weight is 338 g/mol. The number of hydrogen-bond acceptors (Lipinski definition) is 7. The predicted molar refractivity (Wildman–Crippen MR) is 85.5 cm³/mol. The molecular weight excluding hydrogens is 320 g/mol. The Labute approximate surface area is 137 Å². The number of primary amides is 1. The van der Waals surface area contributed by atoms with Gasteiger partial charge in [0.2, 0.25) is 0 Å². The zero-order chi connectivity index (χ0) is 15.1. The van der Waals surface area contributed by atoms with Gasteiger partial charge in [-0.15, -0.1) is 11.3 Å². The van der Waals surface area contributed by atoms with Gasteiger partial charge in [-0.3, -0.25) is 9.80 Å². The van der Waals surface area contributed by atoms with Gasteiger partial charge in [0, 0.05) is 23.1 Å². The van der Waals surface area contributed by atoms with E-state index in [2.05, 4.69) is 9.91 Å². The van der Waals surface area contributed by atoms with Gasteiger partial charge in [-0.1, -0.05) is 0 Å². The highest BCUT2D eigenvalue weighted by Gasteiger charge is 2.40. The Bertz CT molecular complexity index is 597. The molecule has 22 heavy (non-hydrogen) atoms. The molecule has 5 heterocycles. The van der Waals surface area contributed by atoms with Gasteiger partial charge in [-0.25, -0.2) is 0 Å². The Hall–Kier alpha value is -1.22. The summed E-state index contributed by atoms with van der Waals surface area (Å²) in [6.07, 6.45) is 6.24. The highest BCUT2D eigenvalue weighted by molar-refractivity contribution is 7.98. The summed E-state index contributed by atoms with van der Waals surface area (Å²) >= 11 is 2.88. The Morgan fingerprint density at radius 3 is 2.82 bits per heavy atom. The standard InChI is InChI=1S/C14H18N4O2S2/c15-14(19)12-1-2-13(21-12)22-18-17(7-8-20-18)11-9-16-5-3-10(11)4-6-16/h1-2,7-8,10-11H,3-6,9H2,(H2,15,19)/t11-/m0/s1. The molecule has 2 bridgehead atoms. The van der Waals surface area contributed by atoms with Crippen LogP contribution in [0.2, 0.25) is 0 Å². The van der Waals surface area contributed by atoms with E-state index >= 15 is 0 Å². The highest BCUT2D eigenvalue weighted by atomic mass is 32.2. The quantitative estimate of drug-likeness (QED) is 0.846. The molecule has 4 aliphatic rings. The maximum absolute atomic E-state index is 11.2. The van der Waals surface area contributed by atoms with Gasteiger partial charge in [0.05, 0.1) is 21.3 Å². The zero-order valence-corrected chi connectivity index (χ0v) is 13.7. The lowest BCUT2D eigenvalue weighted by Gasteiger charge is -2.48. The van der Waals surface area contributed by atoms with Crippen LogP contribution in [0.3, 0.4) is 0 Å². The third-order valence-corrected chi connectivity index (χ3v) is 6.62. The minimum Gasteiger partial charge on any atom is -0.381 e. The molecule has 1 atom stereocenters. The van der Waals surface area contributed by atoms with Crippen molar-refractivity contribution in [1.29, 1.82) is 0 Å². The van der Waals surface area contributed by atoms with Gasteiger partial charge in [0.15, 0.2) is 0 Å². The number of carbonyl (C=O) groups excluding carboxylic acids is 1. The van der Waals surface area contributed by atoms with Crippen LogP contribution in [0.4, 0.5) is 0 Å². The molecule has 0 aromatic carbocycles. The molecule has 0 spiro atoms. The summed E-state index contributed by atoms with van der Waals surface area (Å²) in [5.41, 5.74) is 5.31. The Balaban J connectivity index is 1.46. The van der Waals surface area contributed by atoms with Crippen molar-refractivity contribution in [2.45, 2.75) is 23.1 Å². The van der Waals surface area contributed by atoms with Crippen LogP contribution in [0.25, 0.3) is 0 Å². The van der Waals surface area contributed by atoms with Gasteiger partial charge >= 0.3 is 0 Å². The van der Waals surface area contributed by atoms with Gasteiger partial charge in [-0.2, -0.15) is 0 Å².